The summed E-state index contributed by atoms with van der Waals surface area (Å²) in [5, 5.41) is 0. The number of unbranched alkanes of at least 4 members (excludes halogenated alkanes) is 1. The standard InChI is InChI=1S/C7H14FN/c1-2-3-4-7(5-8)6-9/h5H,2-4,6,9H2,1H3/b7-5+. The van der Waals surface area contributed by atoms with Crippen molar-refractivity contribution in [1.82, 2.24) is 0 Å². The van der Waals surface area contributed by atoms with E-state index in [1.165, 1.54) is 0 Å². The van der Waals surface area contributed by atoms with Gasteiger partial charge in [-0.25, -0.2) is 4.39 Å². The molecule has 2 heteroatoms. The molecule has 54 valence electrons. The zero-order valence-electron chi connectivity index (χ0n) is 5.86. The highest BCUT2D eigenvalue weighted by molar-refractivity contribution is 4.98. The van der Waals surface area contributed by atoms with Gasteiger partial charge < -0.3 is 5.73 Å². The first-order chi connectivity index (χ1) is 4.35. The predicted octanol–water partition coefficient (Wildman–Crippen LogP) is 1.99. The van der Waals surface area contributed by atoms with E-state index in [0.717, 1.165) is 24.8 Å². The lowest BCUT2D eigenvalue weighted by Crippen LogP contribution is -2.02. The van der Waals surface area contributed by atoms with E-state index in [-0.39, 0.29) is 0 Å². The first-order valence-electron chi connectivity index (χ1n) is 3.33. The Bertz CT molecular complexity index is 88.9. The fraction of sp³-hybridized carbons (Fsp3) is 0.714. The van der Waals surface area contributed by atoms with Crippen molar-refractivity contribution in [2.75, 3.05) is 6.54 Å². The Balaban J connectivity index is 3.33. The van der Waals surface area contributed by atoms with Crippen molar-refractivity contribution >= 4 is 0 Å². The van der Waals surface area contributed by atoms with Crippen molar-refractivity contribution in [3.63, 3.8) is 0 Å². The second kappa shape index (κ2) is 5.76. The Morgan fingerprint density at radius 1 is 1.67 bits per heavy atom. The molecule has 0 unspecified atom stereocenters. The third kappa shape index (κ3) is 4.15. The zero-order valence-corrected chi connectivity index (χ0v) is 5.86. The quantitative estimate of drug-likeness (QED) is 0.620. The maximum atomic E-state index is 11.7. The molecule has 0 aromatic rings. The van der Waals surface area contributed by atoms with Crippen LogP contribution in [0, 0.1) is 0 Å². The molecule has 0 aliphatic carbocycles. The van der Waals surface area contributed by atoms with Gasteiger partial charge in [-0.05, 0) is 18.4 Å². The third-order valence-corrected chi connectivity index (χ3v) is 1.27. The Hall–Kier alpha value is -0.370. The molecule has 0 heterocycles. The molecule has 0 aliphatic heterocycles. The van der Waals surface area contributed by atoms with Crippen LogP contribution in [0.3, 0.4) is 0 Å². The molecule has 0 amide bonds. The van der Waals surface area contributed by atoms with Crippen molar-refractivity contribution in [3.8, 4) is 0 Å². The molecule has 0 bridgehead atoms. The van der Waals surface area contributed by atoms with Crippen molar-refractivity contribution in [2.24, 2.45) is 5.73 Å². The Morgan fingerprint density at radius 3 is 2.67 bits per heavy atom. The molecular weight excluding hydrogens is 117 g/mol. The van der Waals surface area contributed by atoms with Crippen LogP contribution < -0.4 is 5.73 Å². The van der Waals surface area contributed by atoms with Crippen molar-refractivity contribution < 1.29 is 4.39 Å². The summed E-state index contributed by atoms with van der Waals surface area (Å²) in [6.45, 7) is 2.43. The van der Waals surface area contributed by atoms with Crippen molar-refractivity contribution in [3.05, 3.63) is 11.9 Å². The van der Waals surface area contributed by atoms with Gasteiger partial charge in [0, 0.05) is 6.54 Å². The van der Waals surface area contributed by atoms with Gasteiger partial charge in [0.2, 0.25) is 0 Å². The van der Waals surface area contributed by atoms with Gasteiger partial charge >= 0.3 is 0 Å². The SMILES string of the molecule is CCCC/C(=C\F)CN. The third-order valence-electron chi connectivity index (χ3n) is 1.27. The van der Waals surface area contributed by atoms with E-state index in [4.69, 9.17) is 5.73 Å². The maximum Gasteiger partial charge on any atom is 0.0871 e. The van der Waals surface area contributed by atoms with Gasteiger partial charge in [0.25, 0.3) is 0 Å². The fourth-order valence-corrected chi connectivity index (χ4v) is 0.605. The number of rotatable bonds is 4. The average molecular weight is 131 g/mol. The minimum absolute atomic E-state index is 0.358. The second-order valence-electron chi connectivity index (χ2n) is 2.08. The summed E-state index contributed by atoms with van der Waals surface area (Å²) >= 11 is 0. The molecule has 0 aliphatic rings. The Morgan fingerprint density at radius 2 is 2.33 bits per heavy atom. The van der Waals surface area contributed by atoms with Gasteiger partial charge in [-0.1, -0.05) is 13.3 Å². The van der Waals surface area contributed by atoms with Crippen LogP contribution in [-0.2, 0) is 0 Å². The topological polar surface area (TPSA) is 26.0 Å². The molecule has 1 nitrogen and oxygen atoms in total. The summed E-state index contributed by atoms with van der Waals surface area (Å²) in [6.07, 6.45) is 3.56. The van der Waals surface area contributed by atoms with Crippen LogP contribution in [-0.4, -0.2) is 6.54 Å². The van der Waals surface area contributed by atoms with Crippen LogP contribution in [0.5, 0.6) is 0 Å². The number of halogens is 1. The van der Waals surface area contributed by atoms with E-state index in [1.807, 2.05) is 0 Å². The molecule has 0 fully saturated rings. The van der Waals surface area contributed by atoms with E-state index >= 15 is 0 Å². The smallest absolute Gasteiger partial charge is 0.0871 e. The summed E-state index contributed by atoms with van der Waals surface area (Å²) in [5.74, 6) is 0. The van der Waals surface area contributed by atoms with Crippen LogP contribution in [0.1, 0.15) is 26.2 Å². The van der Waals surface area contributed by atoms with Crippen molar-refractivity contribution in [2.45, 2.75) is 26.2 Å². The van der Waals surface area contributed by atoms with Crippen LogP contribution in [0.25, 0.3) is 0 Å². The molecule has 0 radical (unpaired) electrons. The molecule has 0 atom stereocenters. The summed E-state index contributed by atoms with van der Waals surface area (Å²) in [5.41, 5.74) is 5.94. The highest BCUT2D eigenvalue weighted by Gasteiger charge is 1.91. The molecule has 0 rings (SSSR count). The predicted molar refractivity (Wildman–Crippen MR) is 37.8 cm³/mol. The fourth-order valence-electron chi connectivity index (χ4n) is 0.605. The van der Waals surface area contributed by atoms with Crippen LogP contribution in [0.15, 0.2) is 11.9 Å². The van der Waals surface area contributed by atoms with Gasteiger partial charge in [-0.15, -0.1) is 0 Å². The summed E-state index contributed by atoms with van der Waals surface area (Å²) in [4.78, 5) is 0. The highest BCUT2D eigenvalue weighted by atomic mass is 19.1. The van der Waals surface area contributed by atoms with Crippen molar-refractivity contribution in [1.29, 1.82) is 0 Å². The largest absolute Gasteiger partial charge is 0.327 e. The van der Waals surface area contributed by atoms with E-state index < -0.39 is 0 Å². The lowest BCUT2D eigenvalue weighted by atomic mass is 10.1. The number of hydrogen-bond acceptors (Lipinski definition) is 1. The van der Waals surface area contributed by atoms with E-state index in [2.05, 4.69) is 6.92 Å². The summed E-state index contributed by atoms with van der Waals surface area (Å²) in [6, 6.07) is 0. The van der Waals surface area contributed by atoms with Gasteiger partial charge in [-0.2, -0.15) is 0 Å². The molecule has 9 heavy (non-hydrogen) atoms. The number of nitrogens with two attached hydrogens (primary N) is 1. The minimum atomic E-state index is 0.358. The molecule has 2 N–H and O–H groups in total. The highest BCUT2D eigenvalue weighted by Crippen LogP contribution is 2.04. The molecule has 0 saturated carbocycles. The van der Waals surface area contributed by atoms with Crippen LogP contribution in [0.4, 0.5) is 4.39 Å². The summed E-state index contributed by atoms with van der Waals surface area (Å²) < 4.78 is 11.7. The Kier molecular flexibility index (Phi) is 5.52. The molecule has 0 saturated heterocycles. The van der Waals surface area contributed by atoms with Gasteiger partial charge in [0.15, 0.2) is 0 Å². The second-order valence-corrected chi connectivity index (χ2v) is 2.08. The van der Waals surface area contributed by atoms with E-state index in [9.17, 15) is 4.39 Å². The van der Waals surface area contributed by atoms with Gasteiger partial charge in [0.05, 0.1) is 6.33 Å². The van der Waals surface area contributed by atoms with Crippen LogP contribution in [0.2, 0.25) is 0 Å². The Labute approximate surface area is 55.7 Å². The maximum absolute atomic E-state index is 11.7. The first kappa shape index (κ1) is 8.63. The molecule has 0 aromatic carbocycles. The van der Waals surface area contributed by atoms with Crippen LogP contribution >= 0.6 is 0 Å². The van der Waals surface area contributed by atoms with Gasteiger partial charge in [-0.3, -0.25) is 0 Å². The lowest BCUT2D eigenvalue weighted by Gasteiger charge is -1.97. The molecule has 0 spiro atoms. The molecular formula is C7H14FN. The zero-order chi connectivity index (χ0) is 7.11. The van der Waals surface area contributed by atoms with E-state index in [1.54, 1.807) is 0 Å². The number of hydrogen-bond donors (Lipinski definition) is 1. The normalized spacial score (nSPS) is 12.1. The van der Waals surface area contributed by atoms with Gasteiger partial charge in [0.1, 0.15) is 0 Å². The first-order valence-corrected chi connectivity index (χ1v) is 3.33. The molecule has 0 aromatic heterocycles. The average Bonchev–Trinajstić information content (AvgIpc) is 1.91. The van der Waals surface area contributed by atoms with E-state index in [0.29, 0.717) is 12.9 Å². The minimum Gasteiger partial charge on any atom is -0.327 e. The monoisotopic (exact) mass is 131 g/mol. The lowest BCUT2D eigenvalue weighted by molar-refractivity contribution is 0.679. The summed E-state index contributed by atoms with van der Waals surface area (Å²) in [7, 11) is 0.